The van der Waals surface area contributed by atoms with Gasteiger partial charge in [0.15, 0.2) is 11.5 Å². The van der Waals surface area contributed by atoms with Gasteiger partial charge in [0.05, 0.1) is 25.9 Å². The molecule has 0 bridgehead atoms. The molecule has 0 saturated carbocycles. The fourth-order valence-electron chi connectivity index (χ4n) is 2.49. The maximum absolute atomic E-state index is 12.5. The van der Waals surface area contributed by atoms with Crippen LogP contribution in [0.2, 0.25) is 0 Å². The number of rotatable bonds is 4. The van der Waals surface area contributed by atoms with E-state index in [0.717, 1.165) is 5.39 Å². The lowest BCUT2D eigenvalue weighted by Gasteiger charge is -2.08. The van der Waals surface area contributed by atoms with E-state index < -0.39 is 5.97 Å². The van der Waals surface area contributed by atoms with E-state index in [-0.39, 0.29) is 11.5 Å². The molecule has 2 aromatic carbocycles. The lowest BCUT2D eigenvalue weighted by molar-refractivity contribution is 0.0698. The number of ether oxygens (including phenoxy) is 3. The Balaban J connectivity index is 1.95. The predicted octanol–water partition coefficient (Wildman–Crippen LogP) is 3.85. The number of esters is 1. The van der Waals surface area contributed by atoms with E-state index in [0.29, 0.717) is 28.2 Å². The number of carbonyl (C=O) groups excluding carboxylic acids is 1. The fourth-order valence-corrected chi connectivity index (χ4v) is 2.49. The van der Waals surface area contributed by atoms with E-state index in [1.54, 1.807) is 38.3 Å². The molecule has 0 aliphatic heterocycles. The molecule has 0 fully saturated rings. The standard InChI is InChI=1S/C19H15NO5/c1-11-14-9-13(22-2)5-7-15(14)24-18(11)19(21)25-16-6-4-12(10-20)8-17(16)23-3/h4-9H,1-3H3. The maximum atomic E-state index is 12.5. The minimum Gasteiger partial charge on any atom is -0.497 e. The summed E-state index contributed by atoms with van der Waals surface area (Å²) >= 11 is 0. The molecule has 0 N–H and O–H groups in total. The van der Waals surface area contributed by atoms with Crippen LogP contribution in [0, 0.1) is 18.3 Å². The smallest absolute Gasteiger partial charge is 0.380 e. The van der Waals surface area contributed by atoms with Crippen LogP contribution in [-0.4, -0.2) is 20.2 Å². The highest BCUT2D eigenvalue weighted by Gasteiger charge is 2.21. The number of fused-ring (bicyclic) bond motifs is 1. The molecule has 1 heterocycles. The summed E-state index contributed by atoms with van der Waals surface area (Å²) in [4.78, 5) is 12.5. The molecule has 0 atom stereocenters. The monoisotopic (exact) mass is 337 g/mol. The molecule has 1 aromatic heterocycles. The molecule has 0 aliphatic rings. The van der Waals surface area contributed by atoms with Gasteiger partial charge in [0.2, 0.25) is 5.76 Å². The van der Waals surface area contributed by atoms with Gasteiger partial charge in [-0.1, -0.05) is 0 Å². The highest BCUT2D eigenvalue weighted by molar-refractivity contribution is 5.97. The second-order valence-electron chi connectivity index (χ2n) is 5.29. The van der Waals surface area contributed by atoms with Crippen molar-refractivity contribution in [1.82, 2.24) is 0 Å². The summed E-state index contributed by atoms with van der Waals surface area (Å²) in [6.07, 6.45) is 0. The normalized spacial score (nSPS) is 10.3. The lowest BCUT2D eigenvalue weighted by Crippen LogP contribution is -2.09. The Hall–Kier alpha value is -3.46. The van der Waals surface area contributed by atoms with E-state index in [2.05, 4.69) is 0 Å². The van der Waals surface area contributed by atoms with Crippen molar-refractivity contribution in [2.75, 3.05) is 14.2 Å². The Bertz CT molecular complexity index is 997. The molecule has 3 rings (SSSR count). The topological polar surface area (TPSA) is 81.7 Å². The minimum absolute atomic E-state index is 0.106. The third-order valence-electron chi connectivity index (χ3n) is 3.82. The molecule has 0 aliphatic carbocycles. The highest BCUT2D eigenvalue weighted by Crippen LogP contribution is 2.32. The quantitative estimate of drug-likeness (QED) is 0.531. The van der Waals surface area contributed by atoms with Crippen LogP contribution >= 0.6 is 0 Å². The minimum atomic E-state index is -0.643. The highest BCUT2D eigenvalue weighted by atomic mass is 16.6. The van der Waals surface area contributed by atoms with Crippen LogP contribution in [0.25, 0.3) is 11.0 Å². The first kappa shape index (κ1) is 16.4. The summed E-state index contributed by atoms with van der Waals surface area (Å²) in [6, 6.07) is 11.8. The molecule has 6 nitrogen and oxygen atoms in total. The van der Waals surface area contributed by atoms with Crippen LogP contribution in [-0.2, 0) is 0 Å². The predicted molar refractivity (Wildman–Crippen MR) is 90.2 cm³/mol. The Labute approximate surface area is 144 Å². The zero-order chi connectivity index (χ0) is 18.0. The number of carbonyl (C=O) groups is 1. The fraction of sp³-hybridized carbons (Fsp3) is 0.158. The SMILES string of the molecule is COc1ccc2oc(C(=O)Oc3ccc(C#N)cc3OC)c(C)c2c1. The van der Waals surface area contributed by atoms with Crippen molar-refractivity contribution in [1.29, 1.82) is 5.26 Å². The average Bonchev–Trinajstić information content (AvgIpc) is 2.98. The van der Waals surface area contributed by atoms with Crippen LogP contribution < -0.4 is 14.2 Å². The zero-order valence-electron chi connectivity index (χ0n) is 14.0. The molecule has 126 valence electrons. The summed E-state index contributed by atoms with van der Waals surface area (Å²) in [5, 5.41) is 9.71. The Morgan fingerprint density at radius 2 is 1.88 bits per heavy atom. The van der Waals surface area contributed by atoms with Crippen LogP contribution in [0.4, 0.5) is 0 Å². The first-order valence-electron chi connectivity index (χ1n) is 7.45. The number of hydrogen-bond acceptors (Lipinski definition) is 6. The number of furan rings is 1. The second-order valence-corrected chi connectivity index (χ2v) is 5.29. The van der Waals surface area contributed by atoms with E-state index in [1.807, 2.05) is 6.07 Å². The van der Waals surface area contributed by atoms with Crippen molar-refractivity contribution in [3.63, 3.8) is 0 Å². The van der Waals surface area contributed by atoms with Gasteiger partial charge >= 0.3 is 5.97 Å². The van der Waals surface area contributed by atoms with Gasteiger partial charge < -0.3 is 18.6 Å². The molecule has 25 heavy (non-hydrogen) atoms. The lowest BCUT2D eigenvalue weighted by atomic mass is 10.1. The number of nitriles is 1. The summed E-state index contributed by atoms with van der Waals surface area (Å²) in [7, 11) is 3.01. The van der Waals surface area contributed by atoms with Crippen molar-refractivity contribution >= 4 is 16.9 Å². The average molecular weight is 337 g/mol. The number of benzene rings is 2. The molecule has 0 saturated heterocycles. The van der Waals surface area contributed by atoms with Gasteiger partial charge in [0.1, 0.15) is 11.3 Å². The number of methoxy groups -OCH3 is 2. The first-order chi connectivity index (χ1) is 12.1. The molecular formula is C19H15NO5. The van der Waals surface area contributed by atoms with Crippen LogP contribution in [0.1, 0.15) is 21.7 Å². The van der Waals surface area contributed by atoms with Crippen LogP contribution in [0.15, 0.2) is 40.8 Å². The molecule has 0 unspecified atom stereocenters. The van der Waals surface area contributed by atoms with Gasteiger partial charge in [0.25, 0.3) is 0 Å². The Morgan fingerprint density at radius 1 is 1.08 bits per heavy atom. The largest absolute Gasteiger partial charge is 0.497 e. The van der Waals surface area contributed by atoms with E-state index >= 15 is 0 Å². The number of aryl methyl sites for hydroxylation is 1. The van der Waals surface area contributed by atoms with Crippen molar-refractivity contribution < 1.29 is 23.4 Å². The van der Waals surface area contributed by atoms with Gasteiger partial charge in [-0.05, 0) is 37.3 Å². The van der Waals surface area contributed by atoms with Crippen molar-refractivity contribution in [2.24, 2.45) is 0 Å². The maximum Gasteiger partial charge on any atom is 0.380 e. The molecule has 0 spiro atoms. The third-order valence-corrected chi connectivity index (χ3v) is 3.82. The van der Waals surface area contributed by atoms with Gasteiger partial charge in [-0.25, -0.2) is 4.79 Å². The molecule has 0 radical (unpaired) electrons. The summed E-state index contributed by atoms with van der Waals surface area (Å²) in [6.45, 7) is 1.78. The molecule has 6 heteroatoms. The Morgan fingerprint density at radius 3 is 2.56 bits per heavy atom. The molecule has 0 amide bonds. The van der Waals surface area contributed by atoms with E-state index in [4.69, 9.17) is 23.9 Å². The second kappa shape index (κ2) is 6.57. The zero-order valence-corrected chi connectivity index (χ0v) is 14.0. The summed E-state index contributed by atoms with van der Waals surface area (Å²) in [5.74, 6) is 0.641. The molecular weight excluding hydrogens is 322 g/mol. The number of nitrogens with zero attached hydrogens (tertiary/aromatic N) is 1. The van der Waals surface area contributed by atoms with Gasteiger partial charge in [-0.15, -0.1) is 0 Å². The van der Waals surface area contributed by atoms with E-state index in [9.17, 15) is 4.79 Å². The Kier molecular flexibility index (Phi) is 4.31. The summed E-state index contributed by atoms with van der Waals surface area (Å²) < 4.78 is 21.4. The van der Waals surface area contributed by atoms with Crippen LogP contribution in [0.3, 0.4) is 0 Å². The van der Waals surface area contributed by atoms with E-state index in [1.165, 1.54) is 19.2 Å². The van der Waals surface area contributed by atoms with Gasteiger partial charge in [0, 0.05) is 17.0 Å². The van der Waals surface area contributed by atoms with Crippen molar-refractivity contribution in [3.05, 3.63) is 53.3 Å². The number of hydrogen-bond donors (Lipinski definition) is 0. The van der Waals surface area contributed by atoms with Crippen molar-refractivity contribution in [3.8, 4) is 23.3 Å². The van der Waals surface area contributed by atoms with Crippen LogP contribution in [0.5, 0.6) is 17.2 Å². The molecule has 3 aromatic rings. The first-order valence-corrected chi connectivity index (χ1v) is 7.45. The van der Waals surface area contributed by atoms with Gasteiger partial charge in [-0.2, -0.15) is 5.26 Å². The summed E-state index contributed by atoms with van der Waals surface area (Å²) in [5.41, 5.74) is 1.63. The van der Waals surface area contributed by atoms with Crippen molar-refractivity contribution in [2.45, 2.75) is 6.92 Å². The third kappa shape index (κ3) is 3.00. The van der Waals surface area contributed by atoms with Gasteiger partial charge in [-0.3, -0.25) is 0 Å².